The highest BCUT2D eigenvalue weighted by molar-refractivity contribution is 6.13. The van der Waals surface area contributed by atoms with Gasteiger partial charge in [-0.05, 0) is 78.9 Å². The molecule has 3 N–H and O–H groups in total. The molecular weight excluding hydrogens is 346 g/mol. The molecule has 7 rings (SSSR count). The summed E-state index contributed by atoms with van der Waals surface area (Å²) in [7, 11) is 1.71. The van der Waals surface area contributed by atoms with Gasteiger partial charge in [0.2, 0.25) is 0 Å². The molecule has 0 heterocycles. The minimum absolute atomic E-state index is 0.127. The summed E-state index contributed by atoms with van der Waals surface area (Å²) in [6.45, 7) is 0. The number of hydrogen-bond acceptors (Lipinski definition) is 2. The molecule has 2 aromatic carbocycles. The Kier molecular flexibility index (Phi) is 3.38. The van der Waals surface area contributed by atoms with Gasteiger partial charge in [0.25, 0.3) is 0 Å². The van der Waals surface area contributed by atoms with E-state index in [0.29, 0.717) is 5.96 Å². The fraction of sp³-hybridized carbons (Fsp3) is 0.458. The Labute approximate surface area is 165 Å². The third-order valence-electron chi connectivity index (χ3n) is 7.53. The number of benzene rings is 2. The molecule has 0 atom stereocenters. The molecule has 0 radical (unpaired) electrons. The Hall–Kier alpha value is -2.49. The number of rotatable bonds is 3. The Balaban J connectivity index is 1.32. The maximum atomic E-state index is 8.74. The van der Waals surface area contributed by atoms with Gasteiger partial charge in [0.05, 0.1) is 12.8 Å². The van der Waals surface area contributed by atoms with Crippen molar-refractivity contribution in [2.45, 2.75) is 44.1 Å². The van der Waals surface area contributed by atoms with Crippen LogP contribution in [0.1, 0.15) is 49.7 Å². The van der Waals surface area contributed by atoms with Crippen LogP contribution in [0.4, 0.5) is 5.69 Å². The largest absolute Gasteiger partial charge is 0.495 e. The second kappa shape index (κ2) is 5.76. The monoisotopic (exact) mass is 373 g/mol. The molecule has 5 aliphatic carbocycles. The van der Waals surface area contributed by atoms with Crippen LogP contribution in [0.5, 0.6) is 5.75 Å². The lowest BCUT2D eigenvalue weighted by Crippen LogP contribution is -2.60. The minimum atomic E-state index is 0.127. The Bertz CT molecular complexity index is 987. The van der Waals surface area contributed by atoms with Crippen LogP contribution < -0.4 is 15.4 Å². The Morgan fingerprint density at radius 1 is 1.04 bits per heavy atom. The van der Waals surface area contributed by atoms with Gasteiger partial charge in [-0.15, -0.1) is 0 Å². The Morgan fingerprint density at radius 3 is 2.39 bits per heavy atom. The Morgan fingerprint density at radius 2 is 1.71 bits per heavy atom. The molecule has 4 heteroatoms. The first kappa shape index (κ1) is 16.5. The van der Waals surface area contributed by atoms with Crippen molar-refractivity contribution in [1.29, 1.82) is 5.41 Å². The molecule has 0 saturated heterocycles. The van der Waals surface area contributed by atoms with E-state index < -0.39 is 0 Å². The van der Waals surface area contributed by atoms with E-state index in [-0.39, 0.29) is 5.54 Å². The number of hydrogen-bond donors (Lipinski definition) is 3. The van der Waals surface area contributed by atoms with Crippen molar-refractivity contribution in [3.63, 3.8) is 0 Å². The van der Waals surface area contributed by atoms with Crippen molar-refractivity contribution in [3.8, 4) is 5.75 Å². The molecule has 144 valence electrons. The number of ether oxygens (including phenoxy) is 1. The zero-order chi connectivity index (χ0) is 18.9. The normalized spacial score (nSPS) is 31.4. The standard InChI is InChI=1S/C24H27N3O/c1-28-20-10-18-6-5-17-3-2-4-19(21(17)18)22(20)26-23(25)27-24-11-14-7-15(12-24)9-16(8-14)13-24/h2-6,10,14-16H,7-9,11-13H2,1H3,(H3,25,26,27). The van der Waals surface area contributed by atoms with Crippen molar-refractivity contribution in [2.24, 2.45) is 17.8 Å². The summed E-state index contributed by atoms with van der Waals surface area (Å²) < 4.78 is 5.69. The number of nitrogens with one attached hydrogen (secondary N) is 3. The van der Waals surface area contributed by atoms with Gasteiger partial charge in [-0.1, -0.05) is 30.4 Å². The smallest absolute Gasteiger partial charge is 0.193 e. The van der Waals surface area contributed by atoms with Crippen molar-refractivity contribution in [1.82, 2.24) is 5.32 Å². The molecule has 5 aliphatic rings. The average Bonchev–Trinajstić information content (AvgIpc) is 3.06. The van der Waals surface area contributed by atoms with Crippen LogP contribution in [0.2, 0.25) is 0 Å². The first-order valence-corrected chi connectivity index (χ1v) is 10.6. The van der Waals surface area contributed by atoms with Crippen LogP contribution in [-0.4, -0.2) is 18.6 Å². The van der Waals surface area contributed by atoms with Crippen LogP contribution in [0.3, 0.4) is 0 Å². The van der Waals surface area contributed by atoms with Gasteiger partial charge in [-0.2, -0.15) is 0 Å². The fourth-order valence-electron chi connectivity index (χ4n) is 6.94. The van der Waals surface area contributed by atoms with Crippen LogP contribution >= 0.6 is 0 Å². The number of anilines is 1. The van der Waals surface area contributed by atoms with E-state index >= 15 is 0 Å². The summed E-state index contributed by atoms with van der Waals surface area (Å²) >= 11 is 0. The van der Waals surface area contributed by atoms with E-state index in [4.69, 9.17) is 10.1 Å². The van der Waals surface area contributed by atoms with Crippen LogP contribution in [-0.2, 0) is 0 Å². The second-order valence-corrected chi connectivity index (χ2v) is 9.47. The van der Waals surface area contributed by atoms with Crippen LogP contribution in [0, 0.1) is 23.2 Å². The third kappa shape index (κ3) is 2.40. The summed E-state index contributed by atoms with van der Waals surface area (Å²) in [5.74, 6) is 3.80. The van der Waals surface area contributed by atoms with Crippen LogP contribution in [0.25, 0.3) is 22.9 Å². The van der Waals surface area contributed by atoms with Crippen molar-refractivity contribution in [3.05, 3.63) is 35.4 Å². The number of methoxy groups -OCH3 is 1. The molecule has 0 spiro atoms. The predicted octanol–water partition coefficient (Wildman–Crippen LogP) is 5.24. The molecule has 28 heavy (non-hydrogen) atoms. The van der Waals surface area contributed by atoms with Gasteiger partial charge in [0.15, 0.2) is 5.96 Å². The summed E-state index contributed by atoms with van der Waals surface area (Å²) in [5.41, 5.74) is 3.45. The van der Waals surface area contributed by atoms with Crippen molar-refractivity contribution < 1.29 is 4.74 Å². The molecule has 4 fully saturated rings. The molecule has 0 aromatic heterocycles. The predicted molar refractivity (Wildman–Crippen MR) is 115 cm³/mol. The summed E-state index contributed by atoms with van der Waals surface area (Å²) in [6, 6.07) is 8.43. The molecule has 0 aliphatic heterocycles. The van der Waals surface area contributed by atoms with Crippen LogP contribution in [0.15, 0.2) is 24.3 Å². The van der Waals surface area contributed by atoms with Gasteiger partial charge in [-0.3, -0.25) is 5.41 Å². The lowest BCUT2D eigenvalue weighted by Gasteiger charge is -2.57. The van der Waals surface area contributed by atoms with E-state index in [1.54, 1.807) is 7.11 Å². The highest BCUT2D eigenvalue weighted by atomic mass is 16.5. The lowest BCUT2D eigenvalue weighted by atomic mass is 9.53. The van der Waals surface area contributed by atoms with Crippen molar-refractivity contribution in [2.75, 3.05) is 12.4 Å². The van der Waals surface area contributed by atoms with E-state index in [1.807, 2.05) is 0 Å². The highest BCUT2D eigenvalue weighted by Gasteiger charge is 2.51. The van der Waals surface area contributed by atoms with Crippen molar-refractivity contribution >= 4 is 34.6 Å². The average molecular weight is 374 g/mol. The lowest BCUT2D eigenvalue weighted by molar-refractivity contribution is -0.0101. The highest BCUT2D eigenvalue weighted by Crippen LogP contribution is 2.55. The zero-order valence-corrected chi connectivity index (χ0v) is 16.3. The van der Waals surface area contributed by atoms with E-state index in [2.05, 4.69) is 47.1 Å². The molecule has 4 saturated carbocycles. The van der Waals surface area contributed by atoms with Gasteiger partial charge in [0, 0.05) is 10.9 Å². The van der Waals surface area contributed by atoms with Gasteiger partial charge in [0.1, 0.15) is 5.75 Å². The van der Waals surface area contributed by atoms with E-state index in [0.717, 1.165) is 34.6 Å². The first-order chi connectivity index (χ1) is 13.6. The third-order valence-corrected chi connectivity index (χ3v) is 7.53. The molecule has 4 nitrogen and oxygen atoms in total. The van der Waals surface area contributed by atoms with Gasteiger partial charge >= 0.3 is 0 Å². The molecular formula is C24H27N3O. The quantitative estimate of drug-likeness (QED) is 0.435. The fourth-order valence-corrected chi connectivity index (χ4v) is 6.94. The topological polar surface area (TPSA) is 57.1 Å². The van der Waals surface area contributed by atoms with E-state index in [9.17, 15) is 0 Å². The molecule has 4 bridgehead atoms. The number of guanidine groups is 1. The zero-order valence-electron chi connectivity index (χ0n) is 16.3. The maximum absolute atomic E-state index is 8.74. The second-order valence-electron chi connectivity index (χ2n) is 9.47. The molecule has 0 unspecified atom stereocenters. The molecule has 0 amide bonds. The van der Waals surface area contributed by atoms with Gasteiger partial charge in [-0.25, -0.2) is 0 Å². The summed E-state index contributed by atoms with van der Waals surface area (Å²) in [4.78, 5) is 0. The summed E-state index contributed by atoms with van der Waals surface area (Å²) in [6.07, 6.45) is 12.2. The minimum Gasteiger partial charge on any atom is -0.495 e. The van der Waals surface area contributed by atoms with Gasteiger partial charge < -0.3 is 15.4 Å². The summed E-state index contributed by atoms with van der Waals surface area (Å²) in [5, 5.41) is 18.1. The first-order valence-electron chi connectivity index (χ1n) is 10.6. The SMILES string of the molecule is COc1cc2c3c(cccc3c1NC(=N)NC13CC4CC(CC(C4)C1)C3)C=C2. The molecule has 2 aromatic rings. The van der Waals surface area contributed by atoms with E-state index in [1.165, 1.54) is 55.0 Å². The maximum Gasteiger partial charge on any atom is 0.193 e.